The molecule has 144 valence electrons. The van der Waals surface area contributed by atoms with E-state index in [1.165, 1.54) is 12.1 Å². The van der Waals surface area contributed by atoms with E-state index >= 15 is 0 Å². The van der Waals surface area contributed by atoms with E-state index in [1.54, 1.807) is 19.1 Å². The maximum absolute atomic E-state index is 13.3. The average molecular weight is 399 g/mol. The van der Waals surface area contributed by atoms with Crippen molar-refractivity contribution >= 4 is 23.7 Å². The van der Waals surface area contributed by atoms with Crippen LogP contribution in [-0.4, -0.2) is 32.0 Å². The Hall–Kier alpha value is -3.20. The molecule has 1 unspecified atom stereocenters. The second-order valence-electron chi connectivity index (χ2n) is 6.00. The monoisotopic (exact) mass is 399 g/mol. The molecule has 3 N–H and O–H groups in total. The van der Waals surface area contributed by atoms with Crippen LogP contribution in [0.4, 0.5) is 9.18 Å². The molecule has 0 saturated carbocycles. The van der Waals surface area contributed by atoms with E-state index < -0.39 is 17.2 Å². The number of nitrogens with zero attached hydrogens (tertiary/aromatic N) is 3. The SMILES string of the molecule is CC(Sc1nnc(-c2ccc(F)cc2)n1Cc1ccccc1)C(=O)NC(N)=O. The van der Waals surface area contributed by atoms with Gasteiger partial charge in [-0.2, -0.15) is 0 Å². The van der Waals surface area contributed by atoms with Gasteiger partial charge in [0, 0.05) is 5.56 Å². The number of benzene rings is 2. The van der Waals surface area contributed by atoms with E-state index in [9.17, 15) is 14.0 Å². The first-order valence-electron chi connectivity index (χ1n) is 8.44. The number of nitrogens with one attached hydrogen (secondary N) is 1. The zero-order valence-corrected chi connectivity index (χ0v) is 15.8. The van der Waals surface area contributed by atoms with Crippen molar-refractivity contribution in [2.24, 2.45) is 5.73 Å². The van der Waals surface area contributed by atoms with Crippen molar-refractivity contribution < 1.29 is 14.0 Å². The molecule has 0 aliphatic carbocycles. The molecule has 0 saturated heterocycles. The molecule has 3 aromatic rings. The minimum absolute atomic E-state index is 0.343. The Morgan fingerprint density at radius 2 is 1.82 bits per heavy atom. The van der Waals surface area contributed by atoms with Crippen LogP contribution in [0.3, 0.4) is 0 Å². The summed E-state index contributed by atoms with van der Waals surface area (Å²) in [5.74, 6) is -0.312. The van der Waals surface area contributed by atoms with Crippen LogP contribution < -0.4 is 11.1 Å². The van der Waals surface area contributed by atoms with Crippen molar-refractivity contribution in [3.05, 3.63) is 66.0 Å². The minimum atomic E-state index is -0.907. The van der Waals surface area contributed by atoms with Crippen molar-refractivity contribution in [3.63, 3.8) is 0 Å². The molecule has 3 rings (SSSR count). The molecule has 1 aromatic heterocycles. The summed E-state index contributed by atoms with van der Waals surface area (Å²) in [5, 5.41) is 10.4. The van der Waals surface area contributed by atoms with Crippen LogP contribution in [0, 0.1) is 5.82 Å². The predicted molar refractivity (Wildman–Crippen MR) is 104 cm³/mol. The van der Waals surface area contributed by atoms with Gasteiger partial charge in [-0.15, -0.1) is 10.2 Å². The molecule has 2 aromatic carbocycles. The molecule has 3 amide bonds. The quantitative estimate of drug-likeness (QED) is 0.621. The van der Waals surface area contributed by atoms with Gasteiger partial charge in [-0.1, -0.05) is 42.1 Å². The van der Waals surface area contributed by atoms with E-state index in [0.29, 0.717) is 23.1 Å². The molecule has 28 heavy (non-hydrogen) atoms. The molecular weight excluding hydrogens is 381 g/mol. The first-order valence-corrected chi connectivity index (χ1v) is 9.32. The number of imide groups is 1. The van der Waals surface area contributed by atoms with Crippen molar-refractivity contribution in [2.45, 2.75) is 23.9 Å². The summed E-state index contributed by atoms with van der Waals surface area (Å²) >= 11 is 1.15. The molecule has 1 atom stereocenters. The molecule has 0 bridgehead atoms. The number of halogens is 1. The van der Waals surface area contributed by atoms with Gasteiger partial charge in [0.05, 0.1) is 11.8 Å². The van der Waals surface area contributed by atoms with E-state index in [0.717, 1.165) is 17.3 Å². The first kappa shape index (κ1) is 19.6. The third-order valence-electron chi connectivity index (χ3n) is 3.90. The second kappa shape index (κ2) is 8.66. The highest BCUT2D eigenvalue weighted by Gasteiger charge is 2.22. The maximum atomic E-state index is 13.3. The van der Waals surface area contributed by atoms with Gasteiger partial charge in [-0.25, -0.2) is 9.18 Å². The van der Waals surface area contributed by atoms with Crippen LogP contribution in [0.25, 0.3) is 11.4 Å². The summed E-state index contributed by atoms with van der Waals surface area (Å²) in [7, 11) is 0. The van der Waals surface area contributed by atoms with Gasteiger partial charge in [0.15, 0.2) is 11.0 Å². The lowest BCUT2D eigenvalue weighted by molar-refractivity contribution is -0.119. The smallest absolute Gasteiger partial charge is 0.318 e. The van der Waals surface area contributed by atoms with Crippen LogP contribution in [0.15, 0.2) is 59.8 Å². The number of hydrogen-bond acceptors (Lipinski definition) is 5. The highest BCUT2D eigenvalue weighted by atomic mass is 32.2. The molecular formula is C19H18FN5O2S. The van der Waals surface area contributed by atoms with Gasteiger partial charge in [0.25, 0.3) is 0 Å². The summed E-state index contributed by atoms with van der Waals surface area (Å²) in [6.45, 7) is 2.11. The van der Waals surface area contributed by atoms with E-state index in [4.69, 9.17) is 5.73 Å². The standard InChI is InChI=1S/C19H18FN5O2S/c1-12(17(26)22-18(21)27)28-19-24-23-16(14-7-9-15(20)10-8-14)25(19)11-13-5-3-2-4-6-13/h2-10,12H,11H2,1H3,(H3,21,22,26,27). The van der Waals surface area contributed by atoms with Crippen LogP contribution in [0.1, 0.15) is 12.5 Å². The van der Waals surface area contributed by atoms with Gasteiger partial charge in [-0.3, -0.25) is 14.7 Å². The Labute approximate surface area is 165 Å². The fraction of sp³-hybridized carbons (Fsp3) is 0.158. The Kier molecular flexibility index (Phi) is 6.05. The minimum Gasteiger partial charge on any atom is -0.351 e. The van der Waals surface area contributed by atoms with Gasteiger partial charge in [0.2, 0.25) is 5.91 Å². The molecule has 0 fully saturated rings. The highest BCUT2D eigenvalue weighted by molar-refractivity contribution is 8.00. The zero-order valence-electron chi connectivity index (χ0n) is 15.0. The van der Waals surface area contributed by atoms with Crippen LogP contribution in [0.5, 0.6) is 0 Å². The number of rotatable bonds is 6. The molecule has 0 spiro atoms. The van der Waals surface area contributed by atoms with Crippen LogP contribution in [-0.2, 0) is 11.3 Å². The Morgan fingerprint density at radius 1 is 1.14 bits per heavy atom. The number of primary amides is 1. The largest absolute Gasteiger partial charge is 0.351 e. The van der Waals surface area contributed by atoms with Crippen LogP contribution >= 0.6 is 11.8 Å². The fourth-order valence-corrected chi connectivity index (χ4v) is 3.38. The lowest BCUT2D eigenvalue weighted by atomic mass is 10.2. The summed E-state index contributed by atoms with van der Waals surface area (Å²) in [6.07, 6.45) is 0. The number of amides is 3. The first-order chi connectivity index (χ1) is 13.4. The van der Waals surface area contributed by atoms with Gasteiger partial charge in [-0.05, 0) is 36.8 Å². The predicted octanol–water partition coefficient (Wildman–Crippen LogP) is 2.81. The van der Waals surface area contributed by atoms with E-state index in [2.05, 4.69) is 15.5 Å². The van der Waals surface area contributed by atoms with Gasteiger partial charge in [0.1, 0.15) is 5.82 Å². The van der Waals surface area contributed by atoms with Crippen molar-refractivity contribution in [1.82, 2.24) is 20.1 Å². The van der Waals surface area contributed by atoms with E-state index in [1.807, 2.05) is 34.9 Å². The summed E-state index contributed by atoms with van der Waals surface area (Å²) < 4.78 is 15.1. The highest BCUT2D eigenvalue weighted by Crippen LogP contribution is 2.28. The number of carbonyl (C=O) groups is 2. The Balaban J connectivity index is 1.94. The average Bonchev–Trinajstić information content (AvgIpc) is 3.05. The number of urea groups is 1. The topological polar surface area (TPSA) is 103 Å². The summed E-state index contributed by atoms with van der Waals surface area (Å²) in [4.78, 5) is 22.9. The second-order valence-corrected chi connectivity index (χ2v) is 7.31. The number of aromatic nitrogens is 3. The summed E-state index contributed by atoms with van der Waals surface area (Å²) in [6, 6.07) is 14.7. The molecule has 0 aliphatic rings. The molecule has 9 heteroatoms. The van der Waals surface area contributed by atoms with Crippen LogP contribution in [0.2, 0.25) is 0 Å². The summed E-state index contributed by atoms with van der Waals surface area (Å²) in [5.41, 5.74) is 6.72. The number of thioether (sulfide) groups is 1. The Bertz CT molecular complexity index is 976. The van der Waals surface area contributed by atoms with E-state index in [-0.39, 0.29) is 5.82 Å². The normalized spacial score (nSPS) is 11.8. The molecule has 0 aliphatic heterocycles. The maximum Gasteiger partial charge on any atom is 0.318 e. The van der Waals surface area contributed by atoms with Crippen molar-refractivity contribution in [2.75, 3.05) is 0 Å². The third-order valence-corrected chi connectivity index (χ3v) is 4.98. The number of carbonyl (C=O) groups excluding carboxylic acids is 2. The van der Waals surface area contributed by atoms with Gasteiger partial charge < -0.3 is 5.73 Å². The zero-order chi connectivity index (χ0) is 20.1. The third kappa shape index (κ3) is 4.74. The van der Waals surface area contributed by atoms with Crippen molar-refractivity contribution in [3.8, 4) is 11.4 Å². The molecule has 0 radical (unpaired) electrons. The number of hydrogen-bond donors (Lipinski definition) is 2. The Morgan fingerprint density at radius 3 is 2.46 bits per heavy atom. The fourth-order valence-electron chi connectivity index (χ4n) is 2.53. The van der Waals surface area contributed by atoms with Crippen molar-refractivity contribution in [1.29, 1.82) is 0 Å². The lowest BCUT2D eigenvalue weighted by Crippen LogP contribution is -2.39. The lowest BCUT2D eigenvalue weighted by Gasteiger charge is -2.13. The van der Waals surface area contributed by atoms with Gasteiger partial charge >= 0.3 is 6.03 Å². The number of nitrogens with two attached hydrogens (primary N) is 1. The molecule has 7 nitrogen and oxygen atoms in total. The molecule has 1 heterocycles.